The van der Waals surface area contributed by atoms with Crippen molar-refractivity contribution >= 4 is 34.8 Å². The zero-order valence-corrected chi connectivity index (χ0v) is 15.2. The molecule has 0 atom stereocenters. The third kappa shape index (κ3) is 3.70. The van der Waals surface area contributed by atoms with Crippen LogP contribution in [0.3, 0.4) is 0 Å². The van der Waals surface area contributed by atoms with Gasteiger partial charge in [-0.25, -0.2) is 9.78 Å². The first-order valence-electron chi connectivity index (χ1n) is 8.22. The number of nitrogens with zero attached hydrogens (tertiary/aromatic N) is 2. The minimum absolute atomic E-state index is 0.293. The molecule has 26 heavy (non-hydrogen) atoms. The standard InChI is InChI=1S/C19H18ClN3O3/c1-3-10-26-19(25)13-4-6-15(7-5-13)22-18(24)17-12(2)21-16-11-14(20)8-9-23(16)17/h4-9,11H,3,10H2,1-2H3,(H,22,24). The maximum Gasteiger partial charge on any atom is 0.338 e. The van der Waals surface area contributed by atoms with Crippen LogP contribution in [0.15, 0.2) is 42.6 Å². The zero-order chi connectivity index (χ0) is 18.7. The van der Waals surface area contributed by atoms with E-state index >= 15 is 0 Å². The van der Waals surface area contributed by atoms with Crippen LogP contribution in [0.2, 0.25) is 5.02 Å². The minimum atomic E-state index is -0.376. The maximum absolute atomic E-state index is 12.7. The van der Waals surface area contributed by atoms with Gasteiger partial charge in [-0.3, -0.25) is 9.20 Å². The Labute approximate surface area is 155 Å². The Morgan fingerprint density at radius 2 is 1.96 bits per heavy atom. The summed E-state index contributed by atoms with van der Waals surface area (Å²) in [5.41, 5.74) is 2.66. The summed E-state index contributed by atoms with van der Waals surface area (Å²) in [6.45, 7) is 4.08. The third-order valence-corrected chi connectivity index (χ3v) is 4.03. The molecule has 134 valence electrons. The van der Waals surface area contributed by atoms with Crippen molar-refractivity contribution in [3.8, 4) is 0 Å². The van der Waals surface area contributed by atoms with Crippen LogP contribution in [0.25, 0.3) is 5.65 Å². The Bertz CT molecular complexity index is 964. The molecule has 3 aromatic rings. The number of aryl methyl sites for hydroxylation is 1. The molecular weight excluding hydrogens is 354 g/mol. The highest BCUT2D eigenvalue weighted by Gasteiger charge is 2.17. The average molecular weight is 372 g/mol. The topological polar surface area (TPSA) is 72.7 Å². The summed E-state index contributed by atoms with van der Waals surface area (Å²) >= 11 is 5.97. The number of carbonyl (C=O) groups is 2. The van der Waals surface area contributed by atoms with Crippen molar-refractivity contribution in [1.29, 1.82) is 0 Å². The average Bonchev–Trinajstić information content (AvgIpc) is 2.95. The van der Waals surface area contributed by atoms with E-state index in [4.69, 9.17) is 16.3 Å². The van der Waals surface area contributed by atoms with Crippen molar-refractivity contribution in [3.63, 3.8) is 0 Å². The third-order valence-electron chi connectivity index (χ3n) is 3.79. The number of amides is 1. The Hall–Kier alpha value is -2.86. The molecule has 0 saturated carbocycles. The lowest BCUT2D eigenvalue weighted by Gasteiger charge is -2.07. The number of fused-ring (bicyclic) bond motifs is 1. The summed E-state index contributed by atoms with van der Waals surface area (Å²) in [4.78, 5) is 28.8. The highest BCUT2D eigenvalue weighted by Crippen LogP contribution is 2.18. The number of nitrogens with one attached hydrogen (secondary N) is 1. The number of rotatable bonds is 5. The Morgan fingerprint density at radius 3 is 2.65 bits per heavy atom. The van der Waals surface area contributed by atoms with Crippen LogP contribution in [-0.2, 0) is 4.74 Å². The number of imidazole rings is 1. The molecule has 3 rings (SSSR count). The number of halogens is 1. The van der Waals surface area contributed by atoms with E-state index in [9.17, 15) is 9.59 Å². The summed E-state index contributed by atoms with van der Waals surface area (Å²) in [7, 11) is 0. The fourth-order valence-electron chi connectivity index (χ4n) is 2.57. The van der Waals surface area contributed by atoms with Gasteiger partial charge in [-0.15, -0.1) is 0 Å². The fraction of sp³-hybridized carbons (Fsp3) is 0.211. The lowest BCUT2D eigenvalue weighted by atomic mass is 10.2. The highest BCUT2D eigenvalue weighted by atomic mass is 35.5. The van der Waals surface area contributed by atoms with Gasteiger partial charge in [-0.1, -0.05) is 18.5 Å². The van der Waals surface area contributed by atoms with Gasteiger partial charge in [0.15, 0.2) is 0 Å². The Balaban J connectivity index is 1.78. The normalized spacial score (nSPS) is 10.7. The monoisotopic (exact) mass is 371 g/mol. The molecule has 7 heteroatoms. The lowest BCUT2D eigenvalue weighted by Crippen LogP contribution is -2.15. The van der Waals surface area contributed by atoms with Crippen LogP contribution in [0.5, 0.6) is 0 Å². The second-order valence-electron chi connectivity index (χ2n) is 5.79. The predicted molar refractivity (Wildman–Crippen MR) is 99.9 cm³/mol. The van der Waals surface area contributed by atoms with E-state index in [0.29, 0.717) is 39.9 Å². The number of anilines is 1. The molecule has 0 fully saturated rings. The molecule has 2 aromatic heterocycles. The molecule has 1 N–H and O–H groups in total. The largest absolute Gasteiger partial charge is 0.462 e. The van der Waals surface area contributed by atoms with Gasteiger partial charge in [-0.05, 0) is 43.7 Å². The van der Waals surface area contributed by atoms with Crippen molar-refractivity contribution in [1.82, 2.24) is 9.38 Å². The zero-order valence-electron chi connectivity index (χ0n) is 14.5. The lowest BCUT2D eigenvalue weighted by molar-refractivity contribution is 0.0505. The Morgan fingerprint density at radius 1 is 1.23 bits per heavy atom. The van der Waals surface area contributed by atoms with Crippen molar-refractivity contribution in [2.24, 2.45) is 0 Å². The van der Waals surface area contributed by atoms with Crippen molar-refractivity contribution < 1.29 is 14.3 Å². The van der Waals surface area contributed by atoms with Crippen molar-refractivity contribution in [2.75, 3.05) is 11.9 Å². The summed E-state index contributed by atoms with van der Waals surface area (Å²) < 4.78 is 6.77. The number of esters is 1. The van der Waals surface area contributed by atoms with E-state index in [2.05, 4.69) is 10.3 Å². The summed E-state index contributed by atoms with van der Waals surface area (Å²) in [6, 6.07) is 9.96. The fourth-order valence-corrected chi connectivity index (χ4v) is 2.72. The van der Waals surface area contributed by atoms with Gasteiger partial charge in [-0.2, -0.15) is 0 Å². The highest BCUT2D eigenvalue weighted by molar-refractivity contribution is 6.30. The second-order valence-corrected chi connectivity index (χ2v) is 6.22. The van der Waals surface area contributed by atoms with Crippen molar-refractivity contribution in [2.45, 2.75) is 20.3 Å². The van der Waals surface area contributed by atoms with Crippen LogP contribution in [0, 0.1) is 6.92 Å². The van der Waals surface area contributed by atoms with E-state index in [0.717, 1.165) is 6.42 Å². The van der Waals surface area contributed by atoms with E-state index < -0.39 is 0 Å². The predicted octanol–water partition coefficient (Wildman–Crippen LogP) is 4.12. The van der Waals surface area contributed by atoms with Crippen molar-refractivity contribution in [3.05, 3.63) is 64.6 Å². The molecule has 0 aliphatic heterocycles. The number of aromatic nitrogens is 2. The molecule has 1 aromatic carbocycles. The minimum Gasteiger partial charge on any atom is -0.462 e. The molecular formula is C19H18ClN3O3. The van der Waals surface area contributed by atoms with Gasteiger partial charge in [0.2, 0.25) is 0 Å². The SMILES string of the molecule is CCCOC(=O)c1ccc(NC(=O)c2c(C)nc3cc(Cl)ccn23)cc1. The summed E-state index contributed by atoms with van der Waals surface area (Å²) in [6.07, 6.45) is 2.48. The quantitative estimate of drug-likeness (QED) is 0.685. The van der Waals surface area contributed by atoms with Crippen LogP contribution < -0.4 is 5.32 Å². The molecule has 0 radical (unpaired) electrons. The van der Waals surface area contributed by atoms with Gasteiger partial charge in [0.1, 0.15) is 11.3 Å². The van der Waals surface area contributed by atoms with Gasteiger partial charge in [0.25, 0.3) is 5.91 Å². The molecule has 0 aliphatic carbocycles. The van der Waals surface area contributed by atoms with E-state index in [1.807, 2.05) is 6.92 Å². The number of benzene rings is 1. The first-order chi connectivity index (χ1) is 12.5. The molecule has 0 bridgehead atoms. The summed E-state index contributed by atoms with van der Waals surface area (Å²) in [5, 5.41) is 3.37. The molecule has 1 amide bonds. The number of ether oxygens (including phenoxy) is 1. The molecule has 0 spiro atoms. The first-order valence-corrected chi connectivity index (χ1v) is 8.60. The molecule has 2 heterocycles. The van der Waals surface area contributed by atoms with Gasteiger partial charge < -0.3 is 10.1 Å². The number of hydrogen-bond donors (Lipinski definition) is 1. The molecule has 0 unspecified atom stereocenters. The van der Waals surface area contributed by atoms with E-state index in [-0.39, 0.29) is 11.9 Å². The van der Waals surface area contributed by atoms with Crippen LogP contribution in [0.1, 0.15) is 39.9 Å². The molecule has 6 nitrogen and oxygen atoms in total. The maximum atomic E-state index is 12.7. The van der Waals surface area contributed by atoms with Gasteiger partial charge >= 0.3 is 5.97 Å². The van der Waals surface area contributed by atoms with E-state index in [1.165, 1.54) is 0 Å². The van der Waals surface area contributed by atoms with Gasteiger partial charge in [0, 0.05) is 23.0 Å². The Kier molecular flexibility index (Phi) is 5.23. The molecule has 0 aliphatic rings. The van der Waals surface area contributed by atoms with Gasteiger partial charge in [0.05, 0.1) is 17.9 Å². The summed E-state index contributed by atoms with van der Waals surface area (Å²) in [5.74, 6) is -0.669. The number of carbonyl (C=O) groups excluding carboxylic acids is 2. The number of hydrogen-bond acceptors (Lipinski definition) is 4. The number of pyridine rings is 1. The smallest absolute Gasteiger partial charge is 0.338 e. The second kappa shape index (κ2) is 7.58. The van der Waals surface area contributed by atoms with Crippen LogP contribution >= 0.6 is 11.6 Å². The van der Waals surface area contributed by atoms with Crippen LogP contribution in [0.4, 0.5) is 5.69 Å². The first kappa shape index (κ1) is 17.9. The molecule has 0 saturated heterocycles. The van der Waals surface area contributed by atoms with E-state index in [1.54, 1.807) is 53.9 Å². The van der Waals surface area contributed by atoms with Crippen LogP contribution in [-0.4, -0.2) is 27.9 Å².